The van der Waals surface area contributed by atoms with E-state index in [0.717, 1.165) is 25.0 Å². The number of fused-ring (bicyclic) bond motifs is 1. The van der Waals surface area contributed by atoms with E-state index in [2.05, 4.69) is 10.2 Å². The maximum Gasteiger partial charge on any atom is 0.447 e. The largest absolute Gasteiger partial charge is 0.447 e. The molecule has 2 aromatic heterocycles. The van der Waals surface area contributed by atoms with Gasteiger partial charge in [0.15, 0.2) is 11.6 Å². The fourth-order valence-electron chi connectivity index (χ4n) is 2.83. The lowest BCUT2D eigenvalue weighted by molar-refractivity contribution is -0.0329. The first-order chi connectivity index (χ1) is 11.8. The molecule has 4 rings (SSSR count). The van der Waals surface area contributed by atoms with Crippen LogP contribution in [-0.2, 0) is 0 Å². The number of hydrogen-bond donors (Lipinski definition) is 0. The fraction of sp³-hybridized carbons (Fsp3) is 0.250. The van der Waals surface area contributed by atoms with Crippen LogP contribution in [0.2, 0.25) is 0 Å². The first kappa shape index (κ1) is 16.3. The molecule has 9 heteroatoms. The smallest absolute Gasteiger partial charge is 0.337 e. The lowest BCUT2D eigenvalue weighted by atomic mass is 10.2. The monoisotopic (exact) mass is 371 g/mol. The van der Waals surface area contributed by atoms with Gasteiger partial charge in [-0.3, -0.25) is 0 Å². The van der Waals surface area contributed by atoms with Gasteiger partial charge in [-0.1, -0.05) is 0 Å². The molecule has 0 spiro atoms. The van der Waals surface area contributed by atoms with Crippen molar-refractivity contribution in [2.75, 3.05) is 0 Å². The van der Waals surface area contributed by atoms with E-state index in [0.29, 0.717) is 22.2 Å². The minimum atomic E-state index is -4.47. The van der Waals surface area contributed by atoms with Crippen molar-refractivity contribution in [3.63, 3.8) is 0 Å². The molecule has 1 aliphatic carbocycles. The van der Waals surface area contributed by atoms with Gasteiger partial charge in [-0.25, -0.2) is 8.78 Å². The summed E-state index contributed by atoms with van der Waals surface area (Å²) in [7, 11) is 0. The van der Waals surface area contributed by atoms with Crippen molar-refractivity contribution >= 4 is 22.7 Å². The van der Waals surface area contributed by atoms with Crippen LogP contribution in [0.1, 0.15) is 18.9 Å². The number of aromatic nitrogens is 3. The lowest BCUT2D eigenvalue weighted by Gasteiger charge is -2.10. The van der Waals surface area contributed by atoms with Crippen LogP contribution >= 0.6 is 11.8 Å². The Morgan fingerprint density at radius 2 is 1.76 bits per heavy atom. The molecule has 25 heavy (non-hydrogen) atoms. The van der Waals surface area contributed by atoms with E-state index < -0.39 is 17.1 Å². The standard InChI is InChI=1S/C16H10F5N3S/c17-11-3-8-4-13(24(10-1-2-10)14(8)6-12(11)18)9-5-15(23-22-7-9)25-16(19,20)21/h3-7,10H,1-2H2. The molecule has 1 aromatic carbocycles. The Bertz CT molecular complexity index is 962. The number of benzene rings is 1. The van der Waals surface area contributed by atoms with Crippen LogP contribution < -0.4 is 0 Å². The van der Waals surface area contributed by atoms with E-state index in [9.17, 15) is 22.0 Å². The van der Waals surface area contributed by atoms with Crippen LogP contribution in [0.15, 0.2) is 35.5 Å². The van der Waals surface area contributed by atoms with Crippen molar-refractivity contribution in [3.8, 4) is 11.3 Å². The third-order valence-electron chi connectivity index (χ3n) is 3.94. The maximum atomic E-state index is 13.6. The molecule has 0 aliphatic heterocycles. The summed E-state index contributed by atoms with van der Waals surface area (Å²) in [6.07, 6.45) is 3.09. The molecule has 1 aliphatic rings. The van der Waals surface area contributed by atoms with E-state index >= 15 is 0 Å². The van der Waals surface area contributed by atoms with Crippen molar-refractivity contribution in [2.24, 2.45) is 0 Å². The lowest BCUT2D eigenvalue weighted by Crippen LogP contribution is -2.02. The molecule has 0 unspecified atom stereocenters. The van der Waals surface area contributed by atoms with Crippen LogP contribution in [0.4, 0.5) is 22.0 Å². The van der Waals surface area contributed by atoms with Crippen LogP contribution in [0.3, 0.4) is 0 Å². The van der Waals surface area contributed by atoms with Crippen molar-refractivity contribution in [2.45, 2.75) is 29.4 Å². The number of nitrogens with zero attached hydrogens (tertiary/aromatic N) is 3. The van der Waals surface area contributed by atoms with Gasteiger partial charge in [0.25, 0.3) is 0 Å². The van der Waals surface area contributed by atoms with Gasteiger partial charge in [0, 0.05) is 34.8 Å². The van der Waals surface area contributed by atoms with Gasteiger partial charge in [-0.15, -0.1) is 5.10 Å². The highest BCUT2D eigenvalue weighted by atomic mass is 32.2. The normalized spacial score (nSPS) is 15.1. The number of thioether (sulfide) groups is 1. The second-order valence-corrected chi connectivity index (χ2v) is 6.87. The van der Waals surface area contributed by atoms with Crippen molar-refractivity contribution in [3.05, 3.63) is 42.1 Å². The highest BCUT2D eigenvalue weighted by molar-refractivity contribution is 8.00. The van der Waals surface area contributed by atoms with Gasteiger partial charge in [-0.05, 0) is 31.0 Å². The molecule has 0 N–H and O–H groups in total. The van der Waals surface area contributed by atoms with Gasteiger partial charge in [0.2, 0.25) is 0 Å². The maximum absolute atomic E-state index is 13.6. The Morgan fingerprint density at radius 3 is 2.44 bits per heavy atom. The Balaban J connectivity index is 1.86. The van der Waals surface area contributed by atoms with Crippen molar-refractivity contribution in [1.29, 1.82) is 0 Å². The molecule has 0 bridgehead atoms. The van der Waals surface area contributed by atoms with Gasteiger partial charge in [0.05, 0.1) is 17.4 Å². The zero-order chi connectivity index (χ0) is 17.8. The average Bonchev–Trinajstić information content (AvgIpc) is 3.29. The second-order valence-electron chi connectivity index (χ2n) is 5.79. The van der Waals surface area contributed by atoms with Gasteiger partial charge < -0.3 is 4.57 Å². The summed E-state index contributed by atoms with van der Waals surface area (Å²) in [5.41, 5.74) is -2.96. The number of halogens is 5. The van der Waals surface area contributed by atoms with E-state index in [1.54, 1.807) is 6.07 Å². The van der Waals surface area contributed by atoms with E-state index in [1.165, 1.54) is 12.3 Å². The predicted molar refractivity (Wildman–Crippen MR) is 83.1 cm³/mol. The van der Waals surface area contributed by atoms with Crippen LogP contribution in [0, 0.1) is 11.6 Å². The summed E-state index contributed by atoms with van der Waals surface area (Å²) in [5.74, 6) is -1.92. The third kappa shape index (κ3) is 3.20. The summed E-state index contributed by atoms with van der Waals surface area (Å²) >= 11 is -0.352. The Hall–Kier alpha value is -2.16. The second kappa shape index (κ2) is 5.69. The Labute approximate surface area is 142 Å². The fourth-order valence-corrected chi connectivity index (χ4v) is 3.34. The van der Waals surface area contributed by atoms with Crippen LogP contribution in [-0.4, -0.2) is 20.3 Å². The van der Waals surface area contributed by atoms with Crippen molar-refractivity contribution in [1.82, 2.24) is 14.8 Å². The number of alkyl halides is 3. The summed E-state index contributed by atoms with van der Waals surface area (Å²) < 4.78 is 66.7. The first-order valence-electron chi connectivity index (χ1n) is 7.40. The van der Waals surface area contributed by atoms with Crippen LogP contribution in [0.25, 0.3) is 22.2 Å². The Morgan fingerprint density at radius 1 is 1.04 bits per heavy atom. The van der Waals surface area contributed by atoms with E-state index in [1.807, 2.05) is 4.57 Å². The van der Waals surface area contributed by atoms with Gasteiger partial charge in [0.1, 0.15) is 5.03 Å². The summed E-state index contributed by atoms with van der Waals surface area (Å²) in [6, 6.07) is 5.24. The first-order valence-corrected chi connectivity index (χ1v) is 8.22. The molecule has 1 saturated carbocycles. The summed E-state index contributed by atoms with van der Waals surface area (Å²) in [5, 5.41) is 7.33. The molecule has 130 valence electrons. The zero-order valence-corrected chi connectivity index (χ0v) is 13.3. The summed E-state index contributed by atoms with van der Waals surface area (Å²) in [4.78, 5) is 0. The third-order valence-corrected chi connectivity index (χ3v) is 4.58. The molecule has 2 heterocycles. The topological polar surface area (TPSA) is 30.7 Å². The van der Waals surface area contributed by atoms with Crippen molar-refractivity contribution < 1.29 is 22.0 Å². The molecule has 0 amide bonds. The number of rotatable bonds is 3. The molecule has 0 radical (unpaired) electrons. The number of hydrogen-bond acceptors (Lipinski definition) is 3. The van der Waals surface area contributed by atoms with Crippen LogP contribution in [0.5, 0.6) is 0 Å². The molecule has 1 fully saturated rings. The quantitative estimate of drug-likeness (QED) is 0.461. The molecule has 0 atom stereocenters. The predicted octanol–water partition coefficient (Wildman–Crippen LogP) is 5.32. The average molecular weight is 371 g/mol. The molecular formula is C16H10F5N3S. The molecule has 0 saturated heterocycles. The SMILES string of the molecule is Fc1cc2cc(-c3cnnc(SC(F)(F)F)c3)n(C3CC3)c2cc1F. The minimum Gasteiger partial charge on any atom is -0.337 e. The van der Waals surface area contributed by atoms with Gasteiger partial charge >= 0.3 is 5.51 Å². The van der Waals surface area contributed by atoms with E-state index in [4.69, 9.17) is 0 Å². The van der Waals surface area contributed by atoms with Gasteiger partial charge in [-0.2, -0.15) is 18.3 Å². The molecule has 3 aromatic rings. The van der Waals surface area contributed by atoms with E-state index in [-0.39, 0.29) is 22.8 Å². The Kier molecular flexibility index (Phi) is 3.71. The molecular weight excluding hydrogens is 361 g/mol. The zero-order valence-electron chi connectivity index (χ0n) is 12.5. The highest BCUT2D eigenvalue weighted by Gasteiger charge is 2.31. The minimum absolute atomic E-state index is 0.115. The summed E-state index contributed by atoms with van der Waals surface area (Å²) in [6.45, 7) is 0. The molecule has 3 nitrogen and oxygen atoms in total. The highest BCUT2D eigenvalue weighted by Crippen LogP contribution is 2.43.